The predicted octanol–water partition coefficient (Wildman–Crippen LogP) is 15.3. The Kier molecular flexibility index (Phi) is 7.69. The van der Waals surface area contributed by atoms with Gasteiger partial charge in [-0.25, -0.2) is 0 Å². The Morgan fingerprint density at radius 1 is 0.338 bits per heavy atom. The molecule has 1 spiro atoms. The Labute approximate surface area is 406 Å². The minimum Gasteiger partial charge on any atom is -0.457 e. The molecule has 0 saturated carbocycles. The topological polar surface area (TPSA) is 62.7 Å². The van der Waals surface area contributed by atoms with Crippen molar-refractivity contribution in [3.8, 4) is 51.1 Å². The predicted molar refractivity (Wildman–Crippen MR) is 286 cm³/mol. The van der Waals surface area contributed by atoms with E-state index < -0.39 is 5.41 Å². The van der Waals surface area contributed by atoms with Crippen molar-refractivity contribution in [1.82, 2.24) is 28.7 Å². The van der Waals surface area contributed by atoms with E-state index in [0.717, 1.165) is 117 Å². The van der Waals surface area contributed by atoms with Gasteiger partial charge in [-0.05, 0) is 78.4 Å². The third-order valence-electron chi connectivity index (χ3n) is 15.3. The molecule has 330 valence electrons. The van der Waals surface area contributed by atoms with Crippen LogP contribution >= 0.6 is 0 Å². The number of hydrogen-bond acceptors (Lipinski definition) is 4. The van der Waals surface area contributed by atoms with Gasteiger partial charge in [-0.3, -0.25) is 15.0 Å². The van der Waals surface area contributed by atoms with Crippen LogP contribution in [0.15, 0.2) is 231 Å². The molecule has 16 rings (SSSR count). The van der Waals surface area contributed by atoms with Crippen LogP contribution in [0.3, 0.4) is 0 Å². The van der Waals surface area contributed by atoms with Crippen molar-refractivity contribution in [2.45, 2.75) is 5.41 Å². The van der Waals surface area contributed by atoms with Gasteiger partial charge in [-0.2, -0.15) is 0 Å². The first-order valence-corrected chi connectivity index (χ1v) is 24.1. The van der Waals surface area contributed by atoms with Crippen LogP contribution in [0.1, 0.15) is 22.3 Å². The maximum Gasteiger partial charge on any atom is 0.132 e. The van der Waals surface area contributed by atoms with Crippen LogP contribution in [0.4, 0.5) is 0 Å². The lowest BCUT2D eigenvalue weighted by molar-refractivity contribution is 0.436. The van der Waals surface area contributed by atoms with E-state index in [9.17, 15) is 0 Å². The maximum atomic E-state index is 6.77. The highest BCUT2D eigenvalue weighted by Crippen LogP contribution is 2.62. The zero-order valence-electron chi connectivity index (χ0n) is 38.0. The van der Waals surface area contributed by atoms with E-state index in [1.54, 1.807) is 0 Å². The van der Waals surface area contributed by atoms with Crippen molar-refractivity contribution < 1.29 is 4.74 Å². The SMILES string of the molecule is c1ccc2c(c1)Oc1ccccc1C21c2cc(-c3ccc4c(c3)c3ccccc3n4-c3cnccc3-n3c4ccccc4c4ccccc43)cnc2-c2ncc(-n3c4ccccc4c4ccccc43)cc21. The van der Waals surface area contributed by atoms with Gasteiger partial charge in [0.15, 0.2) is 0 Å². The summed E-state index contributed by atoms with van der Waals surface area (Å²) >= 11 is 0. The summed E-state index contributed by atoms with van der Waals surface area (Å²) in [6.45, 7) is 0. The van der Waals surface area contributed by atoms with E-state index in [4.69, 9.17) is 19.7 Å². The number of hydrogen-bond donors (Lipinski definition) is 0. The zero-order valence-corrected chi connectivity index (χ0v) is 38.0. The molecule has 6 aromatic heterocycles. The Morgan fingerprint density at radius 3 is 1.39 bits per heavy atom. The standard InChI is InChI=1S/C64H38N6O/c1-8-22-52-42(15-1)43-16-2-9-23-53(43)68(52)41-35-51-63(67-37-41)62-50(64(51)48-20-6-13-27-60(48)71-61-28-14-7-21-49(61)64)34-40(36-66-62)39-29-30-57-47(33-39)46-19-5-12-26-56(46)70(57)59-38-65-32-31-58(59)69-54-24-10-3-17-44(54)45-18-4-11-25-55(45)69/h1-38H. The molecule has 7 heteroatoms. The second-order valence-corrected chi connectivity index (χ2v) is 18.7. The van der Waals surface area contributed by atoms with Crippen LogP contribution in [-0.4, -0.2) is 28.7 Å². The molecule has 0 amide bonds. The normalized spacial score (nSPS) is 13.3. The summed E-state index contributed by atoms with van der Waals surface area (Å²) in [6, 6.07) is 74.0. The average molecular weight is 907 g/mol. The van der Waals surface area contributed by atoms with Gasteiger partial charge >= 0.3 is 0 Å². The van der Waals surface area contributed by atoms with Gasteiger partial charge in [0.1, 0.15) is 11.5 Å². The minimum absolute atomic E-state index is 0.787. The van der Waals surface area contributed by atoms with Crippen molar-refractivity contribution in [2.24, 2.45) is 0 Å². The molecule has 1 aliphatic carbocycles. The number of para-hydroxylation sites is 7. The lowest BCUT2D eigenvalue weighted by atomic mass is 9.66. The number of aromatic nitrogens is 6. The summed E-state index contributed by atoms with van der Waals surface area (Å²) in [5.74, 6) is 1.64. The summed E-state index contributed by atoms with van der Waals surface area (Å²) in [5.41, 5.74) is 17.2. The number of rotatable bonds is 4. The van der Waals surface area contributed by atoms with Crippen LogP contribution in [0.2, 0.25) is 0 Å². The molecule has 2 aliphatic rings. The first-order chi connectivity index (χ1) is 35.2. The molecule has 14 aromatic rings. The van der Waals surface area contributed by atoms with Gasteiger partial charge in [0.2, 0.25) is 0 Å². The fourth-order valence-electron chi connectivity index (χ4n) is 12.4. The zero-order chi connectivity index (χ0) is 46.4. The molecule has 1 aliphatic heterocycles. The third-order valence-corrected chi connectivity index (χ3v) is 15.3. The lowest BCUT2D eigenvalue weighted by Crippen LogP contribution is -2.32. The Bertz CT molecular complexity index is 4440. The summed E-state index contributed by atoms with van der Waals surface area (Å²) in [6.07, 6.45) is 7.95. The van der Waals surface area contributed by atoms with Gasteiger partial charge < -0.3 is 18.4 Å². The molecule has 0 saturated heterocycles. The number of benzene rings is 8. The van der Waals surface area contributed by atoms with Gasteiger partial charge in [-0.15, -0.1) is 0 Å². The second kappa shape index (κ2) is 14.2. The summed E-state index contributed by atoms with van der Waals surface area (Å²) in [7, 11) is 0. The molecule has 71 heavy (non-hydrogen) atoms. The molecule has 7 heterocycles. The Morgan fingerprint density at radius 2 is 0.803 bits per heavy atom. The van der Waals surface area contributed by atoms with Crippen molar-refractivity contribution >= 4 is 65.4 Å². The lowest BCUT2D eigenvalue weighted by Gasteiger charge is -2.39. The van der Waals surface area contributed by atoms with Crippen LogP contribution in [-0.2, 0) is 5.41 Å². The third kappa shape index (κ3) is 5.08. The van der Waals surface area contributed by atoms with Crippen LogP contribution in [0.25, 0.3) is 105 Å². The molecule has 8 aromatic carbocycles. The summed E-state index contributed by atoms with van der Waals surface area (Å²) in [5, 5.41) is 7.16. The van der Waals surface area contributed by atoms with E-state index in [-0.39, 0.29) is 0 Å². The Hall–Kier alpha value is -9.59. The highest BCUT2D eigenvalue weighted by atomic mass is 16.5. The highest BCUT2D eigenvalue weighted by Gasteiger charge is 2.53. The quantitative estimate of drug-likeness (QED) is 0.176. The fourth-order valence-corrected chi connectivity index (χ4v) is 12.4. The van der Waals surface area contributed by atoms with Crippen molar-refractivity contribution in [3.05, 3.63) is 253 Å². The van der Waals surface area contributed by atoms with Crippen LogP contribution < -0.4 is 4.74 Å². The summed E-state index contributed by atoms with van der Waals surface area (Å²) in [4.78, 5) is 15.6. The minimum atomic E-state index is -0.787. The maximum absolute atomic E-state index is 6.77. The number of fused-ring (bicyclic) bond motifs is 18. The van der Waals surface area contributed by atoms with E-state index in [1.165, 1.54) is 21.5 Å². The first kappa shape index (κ1) is 38.4. The van der Waals surface area contributed by atoms with Crippen molar-refractivity contribution in [2.75, 3.05) is 0 Å². The van der Waals surface area contributed by atoms with E-state index in [1.807, 2.05) is 24.8 Å². The monoisotopic (exact) mass is 906 g/mol. The molecule has 0 unspecified atom stereocenters. The molecule has 7 nitrogen and oxygen atoms in total. The smallest absolute Gasteiger partial charge is 0.132 e. The highest BCUT2D eigenvalue weighted by molar-refractivity contribution is 6.13. The van der Waals surface area contributed by atoms with Crippen LogP contribution in [0.5, 0.6) is 11.5 Å². The molecule has 0 N–H and O–H groups in total. The van der Waals surface area contributed by atoms with Gasteiger partial charge in [0.25, 0.3) is 0 Å². The van der Waals surface area contributed by atoms with E-state index in [0.29, 0.717) is 0 Å². The van der Waals surface area contributed by atoms with E-state index in [2.05, 4.69) is 220 Å². The molecule has 0 atom stereocenters. The van der Waals surface area contributed by atoms with Crippen molar-refractivity contribution in [1.29, 1.82) is 0 Å². The molecule has 0 bridgehead atoms. The van der Waals surface area contributed by atoms with Gasteiger partial charge in [-0.1, -0.05) is 133 Å². The Balaban J connectivity index is 0.917. The average Bonchev–Trinajstić information content (AvgIpc) is 4.15. The number of pyridine rings is 3. The molecular formula is C64H38N6O. The first-order valence-electron chi connectivity index (χ1n) is 24.1. The summed E-state index contributed by atoms with van der Waals surface area (Å²) < 4.78 is 13.9. The fraction of sp³-hybridized carbons (Fsp3) is 0.0156. The number of ether oxygens (including phenoxy) is 1. The second-order valence-electron chi connectivity index (χ2n) is 18.7. The van der Waals surface area contributed by atoms with Gasteiger partial charge in [0, 0.05) is 72.5 Å². The molecule has 0 fully saturated rings. The largest absolute Gasteiger partial charge is 0.457 e. The van der Waals surface area contributed by atoms with Gasteiger partial charge in [0.05, 0.1) is 79.4 Å². The van der Waals surface area contributed by atoms with Crippen molar-refractivity contribution in [3.63, 3.8) is 0 Å². The molecule has 0 radical (unpaired) electrons. The van der Waals surface area contributed by atoms with E-state index >= 15 is 0 Å². The number of nitrogens with zero attached hydrogens (tertiary/aromatic N) is 6. The molecular weight excluding hydrogens is 869 g/mol. The van der Waals surface area contributed by atoms with Crippen LogP contribution in [0, 0.1) is 0 Å².